The minimum atomic E-state index is 0.224. The van der Waals surface area contributed by atoms with Gasteiger partial charge in [-0.1, -0.05) is 48.0 Å². The molecular weight excluding hydrogens is 258 g/mol. The number of hydrogen-bond acceptors (Lipinski definition) is 2. The van der Waals surface area contributed by atoms with E-state index in [1.807, 2.05) is 23.3 Å². The SMILES string of the molecule is Clc1ccccc1[C@@H]1C[C@@H]2Cc3ccccc3N1O2. The van der Waals surface area contributed by atoms with Crippen LogP contribution in [0.25, 0.3) is 0 Å². The van der Waals surface area contributed by atoms with Gasteiger partial charge >= 0.3 is 0 Å². The molecule has 0 saturated carbocycles. The number of hydroxylamine groups is 1. The molecule has 0 unspecified atom stereocenters. The van der Waals surface area contributed by atoms with Gasteiger partial charge in [0.15, 0.2) is 0 Å². The lowest BCUT2D eigenvalue weighted by atomic mass is 10.0. The molecule has 2 aliphatic rings. The number of hydrogen-bond donors (Lipinski definition) is 0. The second kappa shape index (κ2) is 4.26. The fraction of sp³-hybridized carbons (Fsp3) is 0.250. The Bertz CT molecular complexity index is 628. The molecule has 2 nitrogen and oxygen atoms in total. The molecule has 2 heterocycles. The lowest BCUT2D eigenvalue weighted by Gasteiger charge is -2.30. The first kappa shape index (κ1) is 11.3. The summed E-state index contributed by atoms with van der Waals surface area (Å²) in [5.41, 5.74) is 3.71. The van der Waals surface area contributed by atoms with Crippen molar-refractivity contribution in [3.8, 4) is 0 Å². The van der Waals surface area contributed by atoms with E-state index >= 15 is 0 Å². The third-order valence-corrected chi connectivity index (χ3v) is 4.32. The Morgan fingerprint density at radius 3 is 2.74 bits per heavy atom. The maximum atomic E-state index is 6.34. The van der Waals surface area contributed by atoms with E-state index in [0.29, 0.717) is 0 Å². The largest absolute Gasteiger partial charge is 0.269 e. The monoisotopic (exact) mass is 271 g/mol. The standard InChI is InChI=1S/C16H14ClNO/c17-14-7-3-2-6-13(14)16-10-12-9-11-5-1-4-8-15(11)18(16)19-12/h1-8,12,16H,9-10H2/t12-,16-/m0/s1. The number of rotatable bonds is 1. The highest BCUT2D eigenvalue weighted by atomic mass is 35.5. The molecule has 1 saturated heterocycles. The van der Waals surface area contributed by atoms with Crippen LogP contribution >= 0.6 is 11.6 Å². The van der Waals surface area contributed by atoms with Gasteiger partial charge in [0, 0.05) is 17.9 Å². The fourth-order valence-corrected chi connectivity index (χ4v) is 3.37. The molecule has 0 spiro atoms. The van der Waals surface area contributed by atoms with E-state index in [4.69, 9.17) is 16.4 Å². The summed E-state index contributed by atoms with van der Waals surface area (Å²) in [7, 11) is 0. The molecule has 0 amide bonds. The molecule has 0 radical (unpaired) electrons. The minimum Gasteiger partial charge on any atom is -0.269 e. The van der Waals surface area contributed by atoms with Gasteiger partial charge in [0.25, 0.3) is 0 Å². The lowest BCUT2D eigenvalue weighted by Crippen LogP contribution is -2.27. The van der Waals surface area contributed by atoms with Crippen molar-refractivity contribution in [3.05, 3.63) is 64.7 Å². The summed E-state index contributed by atoms with van der Waals surface area (Å²) in [6.07, 6.45) is 2.27. The van der Waals surface area contributed by atoms with Gasteiger partial charge in [0.1, 0.15) is 0 Å². The smallest absolute Gasteiger partial charge is 0.0921 e. The van der Waals surface area contributed by atoms with E-state index in [-0.39, 0.29) is 12.1 Å². The van der Waals surface area contributed by atoms with Crippen LogP contribution in [0.4, 0.5) is 5.69 Å². The van der Waals surface area contributed by atoms with Crippen molar-refractivity contribution >= 4 is 17.3 Å². The number of benzene rings is 2. The van der Waals surface area contributed by atoms with E-state index in [2.05, 4.69) is 30.3 Å². The molecule has 96 valence electrons. The fourth-order valence-electron chi connectivity index (χ4n) is 3.11. The molecule has 3 heteroatoms. The zero-order chi connectivity index (χ0) is 12.8. The van der Waals surface area contributed by atoms with E-state index < -0.39 is 0 Å². The lowest BCUT2D eigenvalue weighted by molar-refractivity contribution is 0.0734. The highest BCUT2D eigenvalue weighted by Crippen LogP contribution is 2.45. The van der Waals surface area contributed by atoms with Crippen molar-refractivity contribution < 1.29 is 4.84 Å². The van der Waals surface area contributed by atoms with Crippen LogP contribution in [0.5, 0.6) is 0 Å². The molecule has 0 N–H and O–H groups in total. The molecule has 0 aliphatic carbocycles. The maximum absolute atomic E-state index is 6.34. The van der Waals surface area contributed by atoms with E-state index in [1.54, 1.807) is 0 Å². The van der Waals surface area contributed by atoms with Gasteiger partial charge < -0.3 is 0 Å². The van der Waals surface area contributed by atoms with Gasteiger partial charge in [-0.15, -0.1) is 0 Å². The summed E-state index contributed by atoms with van der Waals surface area (Å²) in [5.74, 6) is 0. The molecule has 2 atom stereocenters. The van der Waals surface area contributed by atoms with Crippen molar-refractivity contribution in [2.45, 2.75) is 25.0 Å². The predicted molar refractivity (Wildman–Crippen MR) is 76.3 cm³/mol. The first-order valence-corrected chi connectivity index (χ1v) is 6.99. The molecule has 0 aromatic heterocycles. The zero-order valence-electron chi connectivity index (χ0n) is 10.4. The summed E-state index contributed by atoms with van der Waals surface area (Å²) in [6.45, 7) is 0. The quantitative estimate of drug-likeness (QED) is 0.773. The van der Waals surface area contributed by atoms with E-state index in [9.17, 15) is 0 Å². The molecule has 1 fully saturated rings. The minimum absolute atomic E-state index is 0.224. The van der Waals surface area contributed by atoms with Gasteiger partial charge in [0.05, 0.1) is 17.8 Å². The van der Waals surface area contributed by atoms with Gasteiger partial charge in [-0.05, 0) is 23.3 Å². The van der Waals surface area contributed by atoms with Crippen LogP contribution < -0.4 is 5.06 Å². The van der Waals surface area contributed by atoms with Crippen LogP contribution in [0.3, 0.4) is 0 Å². The summed E-state index contributed by atoms with van der Waals surface area (Å²) in [6, 6.07) is 16.7. The van der Waals surface area contributed by atoms with Gasteiger partial charge in [-0.3, -0.25) is 4.84 Å². The van der Waals surface area contributed by atoms with Crippen LogP contribution in [0.1, 0.15) is 23.6 Å². The van der Waals surface area contributed by atoms with Crippen LogP contribution in [0.2, 0.25) is 5.02 Å². The third kappa shape index (κ3) is 1.75. The second-order valence-corrected chi connectivity index (χ2v) is 5.57. The van der Waals surface area contributed by atoms with Crippen molar-refractivity contribution in [2.24, 2.45) is 0 Å². The third-order valence-electron chi connectivity index (χ3n) is 3.97. The number of fused-ring (bicyclic) bond motifs is 4. The first-order valence-electron chi connectivity index (χ1n) is 6.61. The van der Waals surface area contributed by atoms with Crippen LogP contribution in [-0.2, 0) is 11.3 Å². The number of anilines is 1. The molecule has 2 bridgehead atoms. The van der Waals surface area contributed by atoms with Gasteiger partial charge in [-0.2, -0.15) is 0 Å². The van der Waals surface area contributed by atoms with E-state index in [0.717, 1.165) is 23.4 Å². The Morgan fingerprint density at radius 1 is 1.05 bits per heavy atom. The van der Waals surface area contributed by atoms with Crippen LogP contribution in [0, 0.1) is 0 Å². The van der Waals surface area contributed by atoms with Crippen LogP contribution in [-0.4, -0.2) is 6.10 Å². The highest BCUT2D eigenvalue weighted by molar-refractivity contribution is 6.31. The van der Waals surface area contributed by atoms with Gasteiger partial charge in [-0.25, -0.2) is 5.06 Å². The topological polar surface area (TPSA) is 12.5 Å². The van der Waals surface area contributed by atoms with Crippen molar-refractivity contribution in [2.75, 3.05) is 5.06 Å². The zero-order valence-corrected chi connectivity index (χ0v) is 11.2. The molecule has 2 aromatic carbocycles. The molecular formula is C16H14ClNO. The Morgan fingerprint density at radius 2 is 1.84 bits per heavy atom. The Labute approximate surface area is 117 Å². The normalized spacial score (nSPS) is 24.4. The second-order valence-electron chi connectivity index (χ2n) is 5.16. The van der Waals surface area contributed by atoms with Crippen molar-refractivity contribution in [3.63, 3.8) is 0 Å². The molecule has 19 heavy (non-hydrogen) atoms. The molecule has 2 aromatic rings. The Balaban J connectivity index is 1.80. The average Bonchev–Trinajstić information content (AvgIpc) is 2.78. The average molecular weight is 272 g/mol. The van der Waals surface area contributed by atoms with Crippen LogP contribution in [0.15, 0.2) is 48.5 Å². The summed E-state index contributed by atoms with van der Waals surface area (Å²) < 4.78 is 0. The summed E-state index contributed by atoms with van der Waals surface area (Å²) in [4.78, 5) is 6.02. The number of halogens is 1. The maximum Gasteiger partial charge on any atom is 0.0921 e. The number of nitrogens with zero attached hydrogens (tertiary/aromatic N) is 1. The highest BCUT2D eigenvalue weighted by Gasteiger charge is 2.40. The first-order chi connectivity index (χ1) is 9.33. The number of para-hydroxylation sites is 1. The molecule has 4 rings (SSSR count). The van der Waals surface area contributed by atoms with E-state index in [1.165, 1.54) is 11.3 Å². The molecule has 2 aliphatic heterocycles. The Kier molecular flexibility index (Phi) is 2.54. The predicted octanol–water partition coefficient (Wildman–Crippen LogP) is 4.15. The Hall–Kier alpha value is -1.51. The summed E-state index contributed by atoms with van der Waals surface area (Å²) >= 11 is 6.34. The summed E-state index contributed by atoms with van der Waals surface area (Å²) in [5, 5.41) is 2.87. The van der Waals surface area contributed by atoms with Crippen molar-refractivity contribution in [1.82, 2.24) is 0 Å². The van der Waals surface area contributed by atoms with Gasteiger partial charge in [0.2, 0.25) is 0 Å². The van der Waals surface area contributed by atoms with Crippen molar-refractivity contribution in [1.29, 1.82) is 0 Å².